The smallest absolute Gasteiger partial charge is 0.321 e. The lowest BCUT2D eigenvalue weighted by Gasteiger charge is -2.19. The van der Waals surface area contributed by atoms with Gasteiger partial charge < -0.3 is 5.32 Å². The van der Waals surface area contributed by atoms with Crippen LogP contribution in [-0.2, 0) is 16.8 Å². The molecule has 0 atom stereocenters. The molecule has 1 heterocycles. The highest BCUT2D eigenvalue weighted by atomic mass is 32.2. The van der Waals surface area contributed by atoms with Gasteiger partial charge in [0, 0.05) is 12.1 Å². The normalized spacial score (nSPS) is 11.1. The van der Waals surface area contributed by atoms with Crippen LogP contribution in [0.2, 0.25) is 0 Å². The standard InChI is InChI=1S/C25H29N5O2S/c1-5-15-26-23(32)27-21(31)17-33-24-29-28-22(30(24)16-18-9-7-6-8-10-18)19-11-13-20(14-12-19)25(2,3)4/h5-14H,1,15-17H2,2-4H3,(H2,26,27,31,32). The molecule has 0 bridgehead atoms. The second kappa shape index (κ2) is 11.0. The first-order chi connectivity index (χ1) is 15.8. The Morgan fingerprint density at radius 2 is 1.76 bits per heavy atom. The number of nitrogens with zero attached hydrogens (tertiary/aromatic N) is 3. The zero-order valence-corrected chi connectivity index (χ0v) is 20.0. The summed E-state index contributed by atoms with van der Waals surface area (Å²) < 4.78 is 2.00. The molecule has 0 fully saturated rings. The molecule has 8 heteroatoms. The Balaban J connectivity index is 1.82. The molecule has 0 aliphatic carbocycles. The van der Waals surface area contributed by atoms with Crippen LogP contribution in [0.25, 0.3) is 11.4 Å². The highest BCUT2D eigenvalue weighted by Crippen LogP contribution is 2.28. The SMILES string of the molecule is C=CCNC(=O)NC(=O)CSc1nnc(-c2ccc(C(C)(C)C)cc2)n1Cc1ccccc1. The number of carbonyl (C=O) groups excluding carboxylic acids is 2. The van der Waals surface area contributed by atoms with Crippen molar-refractivity contribution in [2.75, 3.05) is 12.3 Å². The van der Waals surface area contributed by atoms with Crippen LogP contribution in [0.4, 0.5) is 4.79 Å². The zero-order valence-electron chi connectivity index (χ0n) is 19.2. The summed E-state index contributed by atoms with van der Waals surface area (Å²) in [6.45, 7) is 10.9. The molecule has 33 heavy (non-hydrogen) atoms. The van der Waals surface area contributed by atoms with Gasteiger partial charge >= 0.3 is 6.03 Å². The Bertz CT molecular complexity index is 1100. The topological polar surface area (TPSA) is 88.9 Å². The van der Waals surface area contributed by atoms with Gasteiger partial charge in [-0.15, -0.1) is 16.8 Å². The molecule has 0 unspecified atom stereocenters. The van der Waals surface area contributed by atoms with Gasteiger partial charge in [0.1, 0.15) is 0 Å². The second-order valence-electron chi connectivity index (χ2n) is 8.54. The average molecular weight is 464 g/mol. The van der Waals surface area contributed by atoms with E-state index in [-0.39, 0.29) is 17.7 Å². The van der Waals surface area contributed by atoms with Gasteiger partial charge in [0.25, 0.3) is 0 Å². The maximum absolute atomic E-state index is 12.2. The third-order valence-electron chi connectivity index (χ3n) is 4.90. The minimum atomic E-state index is -0.550. The molecule has 0 saturated heterocycles. The fourth-order valence-electron chi connectivity index (χ4n) is 3.14. The molecular formula is C25H29N5O2S. The van der Waals surface area contributed by atoms with Crippen LogP contribution < -0.4 is 10.6 Å². The molecule has 2 aromatic carbocycles. The van der Waals surface area contributed by atoms with Gasteiger partial charge in [-0.05, 0) is 16.5 Å². The number of hydrogen-bond acceptors (Lipinski definition) is 5. The molecule has 2 N–H and O–H groups in total. The first-order valence-electron chi connectivity index (χ1n) is 10.7. The number of benzene rings is 2. The van der Waals surface area contributed by atoms with Crippen LogP contribution in [0.15, 0.2) is 72.4 Å². The second-order valence-corrected chi connectivity index (χ2v) is 9.48. The summed E-state index contributed by atoms with van der Waals surface area (Å²) in [6.07, 6.45) is 1.54. The maximum atomic E-state index is 12.2. The Morgan fingerprint density at radius 3 is 2.39 bits per heavy atom. The zero-order chi connectivity index (χ0) is 23.8. The van der Waals surface area contributed by atoms with E-state index in [0.29, 0.717) is 11.7 Å². The molecule has 3 aromatic rings. The molecule has 1 aromatic heterocycles. The maximum Gasteiger partial charge on any atom is 0.321 e. The third kappa shape index (κ3) is 6.79. The third-order valence-corrected chi connectivity index (χ3v) is 5.87. The Kier molecular flexibility index (Phi) is 8.06. The predicted molar refractivity (Wildman–Crippen MR) is 132 cm³/mol. The molecule has 0 radical (unpaired) electrons. The molecule has 172 valence electrons. The predicted octanol–water partition coefficient (Wildman–Crippen LogP) is 4.39. The molecule has 3 rings (SSSR count). The Hall–Kier alpha value is -3.39. The minimum absolute atomic E-state index is 0.0391. The van der Waals surface area contributed by atoms with E-state index in [4.69, 9.17) is 0 Å². The van der Waals surface area contributed by atoms with E-state index in [0.717, 1.165) is 17.0 Å². The molecule has 0 saturated carbocycles. The highest BCUT2D eigenvalue weighted by molar-refractivity contribution is 7.99. The number of hydrogen-bond donors (Lipinski definition) is 2. The summed E-state index contributed by atoms with van der Waals surface area (Å²) in [4.78, 5) is 23.9. The number of aromatic nitrogens is 3. The van der Waals surface area contributed by atoms with Gasteiger partial charge in [-0.1, -0.05) is 93.2 Å². The van der Waals surface area contributed by atoms with E-state index < -0.39 is 11.9 Å². The average Bonchev–Trinajstić information content (AvgIpc) is 3.18. The van der Waals surface area contributed by atoms with Crippen LogP contribution in [0, 0.1) is 0 Å². The van der Waals surface area contributed by atoms with Crippen molar-refractivity contribution < 1.29 is 9.59 Å². The number of imide groups is 1. The van der Waals surface area contributed by atoms with Gasteiger partial charge in [0.15, 0.2) is 11.0 Å². The molecule has 7 nitrogen and oxygen atoms in total. The molecule has 0 aliphatic heterocycles. The summed E-state index contributed by atoms with van der Waals surface area (Å²) in [5.74, 6) is 0.357. The number of carbonyl (C=O) groups is 2. The van der Waals surface area contributed by atoms with Crippen molar-refractivity contribution in [3.63, 3.8) is 0 Å². The van der Waals surface area contributed by atoms with E-state index in [1.807, 2.05) is 34.9 Å². The van der Waals surface area contributed by atoms with Crippen molar-refractivity contribution in [3.8, 4) is 11.4 Å². The van der Waals surface area contributed by atoms with Crippen molar-refractivity contribution in [3.05, 3.63) is 78.4 Å². The van der Waals surface area contributed by atoms with Crippen LogP contribution >= 0.6 is 11.8 Å². The summed E-state index contributed by atoms with van der Waals surface area (Å²) in [6, 6.07) is 17.8. The van der Waals surface area contributed by atoms with Crippen LogP contribution in [0.3, 0.4) is 0 Å². The van der Waals surface area contributed by atoms with Crippen molar-refractivity contribution >= 4 is 23.7 Å². The number of thioether (sulfide) groups is 1. The van der Waals surface area contributed by atoms with E-state index in [2.05, 4.69) is 72.4 Å². The number of amides is 3. The lowest BCUT2D eigenvalue weighted by molar-refractivity contribution is -0.117. The first kappa shape index (κ1) is 24.3. The lowest BCUT2D eigenvalue weighted by atomic mass is 9.87. The van der Waals surface area contributed by atoms with Crippen LogP contribution in [0.5, 0.6) is 0 Å². The lowest BCUT2D eigenvalue weighted by Crippen LogP contribution is -2.40. The fourth-order valence-corrected chi connectivity index (χ4v) is 3.88. The van der Waals surface area contributed by atoms with E-state index >= 15 is 0 Å². The van der Waals surface area contributed by atoms with E-state index in [1.165, 1.54) is 17.3 Å². The van der Waals surface area contributed by atoms with Gasteiger partial charge in [0.05, 0.1) is 12.3 Å². The minimum Gasteiger partial charge on any atom is -0.334 e. The number of urea groups is 1. The van der Waals surface area contributed by atoms with Gasteiger partial charge in [0.2, 0.25) is 5.91 Å². The summed E-state index contributed by atoms with van der Waals surface area (Å²) in [5, 5.41) is 14.2. The van der Waals surface area contributed by atoms with Crippen LogP contribution in [-0.4, -0.2) is 39.0 Å². The Morgan fingerprint density at radius 1 is 1.06 bits per heavy atom. The van der Waals surface area contributed by atoms with E-state index in [9.17, 15) is 9.59 Å². The summed E-state index contributed by atoms with van der Waals surface area (Å²) in [5.41, 5.74) is 3.34. The van der Waals surface area contributed by atoms with Crippen molar-refractivity contribution in [1.29, 1.82) is 0 Å². The highest BCUT2D eigenvalue weighted by Gasteiger charge is 2.18. The van der Waals surface area contributed by atoms with Crippen molar-refractivity contribution in [2.45, 2.75) is 37.9 Å². The quantitative estimate of drug-likeness (QED) is 0.382. The van der Waals surface area contributed by atoms with Gasteiger partial charge in [-0.25, -0.2) is 4.79 Å². The van der Waals surface area contributed by atoms with E-state index in [1.54, 1.807) is 6.08 Å². The number of nitrogens with one attached hydrogen (secondary N) is 2. The first-order valence-corrected chi connectivity index (χ1v) is 11.7. The monoisotopic (exact) mass is 463 g/mol. The molecular weight excluding hydrogens is 434 g/mol. The van der Waals surface area contributed by atoms with Gasteiger partial charge in [-0.3, -0.25) is 14.7 Å². The summed E-state index contributed by atoms with van der Waals surface area (Å²) >= 11 is 1.24. The fraction of sp³-hybridized carbons (Fsp3) is 0.280. The molecule has 0 aliphatic rings. The van der Waals surface area contributed by atoms with Crippen molar-refractivity contribution in [2.24, 2.45) is 0 Å². The Labute approximate surface area is 198 Å². The molecule has 3 amide bonds. The largest absolute Gasteiger partial charge is 0.334 e. The van der Waals surface area contributed by atoms with Crippen molar-refractivity contribution in [1.82, 2.24) is 25.4 Å². The molecule has 0 spiro atoms. The summed E-state index contributed by atoms with van der Waals surface area (Å²) in [7, 11) is 0. The van der Waals surface area contributed by atoms with Gasteiger partial charge in [-0.2, -0.15) is 0 Å². The van der Waals surface area contributed by atoms with Crippen LogP contribution in [0.1, 0.15) is 31.9 Å². The number of rotatable bonds is 8.